The zero-order valence-electron chi connectivity index (χ0n) is 28.4. The first-order valence-corrected chi connectivity index (χ1v) is 16.3. The molecule has 2 aromatic carbocycles. The van der Waals surface area contributed by atoms with Crippen molar-refractivity contribution >= 4 is 49.2 Å². The van der Waals surface area contributed by atoms with Crippen molar-refractivity contribution in [3.05, 3.63) is 48.5 Å². The smallest absolute Gasteiger partial charge is 0.355 e. The summed E-state index contributed by atoms with van der Waals surface area (Å²) in [7, 11) is 16.6. The van der Waals surface area contributed by atoms with Gasteiger partial charge in [-0.3, -0.25) is 13.9 Å². The third-order valence-electron chi connectivity index (χ3n) is 3.93. The van der Waals surface area contributed by atoms with Gasteiger partial charge in [0.1, 0.15) is 0 Å². The van der Waals surface area contributed by atoms with Gasteiger partial charge in [-0.05, 0) is 48.5 Å². The molecular formula is C28H48N7O9S2+3. The van der Waals surface area contributed by atoms with Crippen molar-refractivity contribution in [1.82, 2.24) is 0 Å². The van der Waals surface area contributed by atoms with Gasteiger partial charge in [0.15, 0.2) is 5.71 Å². The average molecular weight is 691 g/mol. The van der Waals surface area contributed by atoms with Crippen molar-refractivity contribution in [2.24, 2.45) is 15.3 Å². The van der Waals surface area contributed by atoms with E-state index in [9.17, 15) is 31.5 Å². The van der Waals surface area contributed by atoms with Crippen LogP contribution in [0.15, 0.2) is 73.7 Å². The highest BCUT2D eigenvalue weighted by molar-refractivity contribution is 7.86. The molecule has 0 aromatic heterocycles. The van der Waals surface area contributed by atoms with Crippen LogP contribution in [0.3, 0.4) is 0 Å². The lowest BCUT2D eigenvalue weighted by Crippen LogP contribution is -2.33. The number of anilines is 1. The van der Waals surface area contributed by atoms with Gasteiger partial charge in [0.05, 0.1) is 106 Å². The summed E-state index contributed by atoms with van der Waals surface area (Å²) in [4.78, 5) is 23.3. The maximum absolute atomic E-state index is 12.6. The van der Waals surface area contributed by atoms with Crippen LogP contribution in [0.5, 0.6) is 0 Å². The number of quaternary nitrogens is 3. The minimum Gasteiger partial charge on any atom is -0.477 e. The van der Waals surface area contributed by atoms with Crippen LogP contribution in [0.2, 0.25) is 0 Å². The summed E-state index contributed by atoms with van der Waals surface area (Å²) in [5.41, 5.74) is -0.561. The van der Waals surface area contributed by atoms with Crippen molar-refractivity contribution in [1.29, 1.82) is 0 Å². The number of carbonyl (C=O) groups excluding carboxylic acids is 1. The molecule has 3 N–H and O–H groups in total. The molecule has 18 heteroatoms. The summed E-state index contributed by atoms with van der Waals surface area (Å²) < 4.78 is 65.3. The molecule has 0 aliphatic carbocycles. The van der Waals surface area contributed by atoms with E-state index in [4.69, 9.17) is 9.11 Å². The molecule has 46 heavy (non-hydrogen) atoms. The van der Waals surface area contributed by atoms with E-state index in [2.05, 4.69) is 99.9 Å². The van der Waals surface area contributed by atoms with Crippen molar-refractivity contribution < 1.29 is 54.1 Å². The highest BCUT2D eigenvalue weighted by atomic mass is 32.2. The van der Waals surface area contributed by atoms with Gasteiger partial charge < -0.3 is 18.6 Å². The highest BCUT2D eigenvalue weighted by Crippen LogP contribution is 2.25. The van der Waals surface area contributed by atoms with Gasteiger partial charge in [-0.2, -0.15) is 37.2 Å². The van der Waals surface area contributed by atoms with Crippen molar-refractivity contribution in [3.63, 3.8) is 0 Å². The molecule has 0 spiro atoms. The fourth-order valence-electron chi connectivity index (χ4n) is 2.46. The van der Waals surface area contributed by atoms with E-state index in [-0.39, 0.29) is 11.4 Å². The number of rotatable bonds is 6. The number of azo groups is 1. The van der Waals surface area contributed by atoms with E-state index in [1.54, 1.807) is 0 Å². The van der Waals surface area contributed by atoms with Gasteiger partial charge in [0, 0.05) is 0 Å². The number of carboxylic acids is 1. The molecule has 1 unspecified atom stereocenters. The average Bonchev–Trinajstić information content (AvgIpc) is 3.15. The second-order valence-electron chi connectivity index (χ2n) is 14.0. The van der Waals surface area contributed by atoms with Crippen LogP contribution in [0.1, 0.15) is 0 Å². The van der Waals surface area contributed by atoms with Crippen LogP contribution >= 0.6 is 0 Å². The summed E-state index contributed by atoms with van der Waals surface area (Å²) in [5, 5.41) is 21.1. The Hall–Kier alpha value is -3.65. The Balaban J connectivity index is 0.00000112. The van der Waals surface area contributed by atoms with Gasteiger partial charge in [0.2, 0.25) is 6.04 Å². The van der Waals surface area contributed by atoms with Crippen LogP contribution in [0.25, 0.3) is 0 Å². The van der Waals surface area contributed by atoms with Gasteiger partial charge >= 0.3 is 5.97 Å². The largest absolute Gasteiger partial charge is 0.477 e. The molecule has 0 bridgehead atoms. The van der Waals surface area contributed by atoms with Crippen molar-refractivity contribution in [2.45, 2.75) is 15.8 Å². The van der Waals surface area contributed by atoms with E-state index in [1.165, 1.54) is 12.1 Å². The Bertz CT molecular complexity index is 1560. The molecule has 1 amide bonds. The molecule has 2 aromatic rings. The summed E-state index contributed by atoms with van der Waals surface area (Å²) in [6.45, 7) is 0. The molecule has 1 aliphatic heterocycles. The Kier molecular flexibility index (Phi) is 15.0. The van der Waals surface area contributed by atoms with Crippen LogP contribution in [-0.4, -0.2) is 153 Å². The summed E-state index contributed by atoms with van der Waals surface area (Å²) in [6, 6.07) is 7.07. The SMILES string of the molecule is C[N+](C)(C)C.C[N+](C)(C)C.C[N+](C)(C)C.O=C(O)C1=NN(c2ccc(S(=O)(=O)O)cc2)C(=O)C1N=Nc1ccc(S(=O)(=O)O)cc1. The van der Waals surface area contributed by atoms with Crippen LogP contribution in [0.4, 0.5) is 11.4 Å². The second kappa shape index (κ2) is 16.3. The number of nitrogens with zero attached hydrogens (tertiary/aromatic N) is 7. The third kappa shape index (κ3) is 19.0. The lowest BCUT2D eigenvalue weighted by molar-refractivity contribution is -0.849. The number of hydrogen-bond acceptors (Lipinski definition) is 9. The lowest BCUT2D eigenvalue weighted by atomic mass is 10.2. The first-order chi connectivity index (χ1) is 20.4. The van der Waals surface area contributed by atoms with E-state index in [1.807, 2.05) is 0 Å². The van der Waals surface area contributed by atoms with Gasteiger partial charge in [-0.1, -0.05) is 0 Å². The molecule has 258 valence electrons. The highest BCUT2D eigenvalue weighted by Gasteiger charge is 2.41. The fourth-order valence-corrected chi connectivity index (χ4v) is 3.42. The van der Waals surface area contributed by atoms with Crippen molar-refractivity contribution in [3.8, 4) is 0 Å². The molecular weight excluding hydrogens is 642 g/mol. The number of carbonyl (C=O) groups is 2. The summed E-state index contributed by atoms with van der Waals surface area (Å²) in [5.74, 6) is -2.44. The molecule has 0 fully saturated rings. The number of benzene rings is 2. The van der Waals surface area contributed by atoms with Gasteiger partial charge in [0.25, 0.3) is 26.1 Å². The fraction of sp³-hybridized carbons (Fsp3) is 0.464. The predicted molar refractivity (Wildman–Crippen MR) is 175 cm³/mol. The molecule has 0 radical (unpaired) electrons. The monoisotopic (exact) mass is 690 g/mol. The standard InChI is InChI=1S/C16H12N4O9S2.3C4H12N/c21-15-13(18-17-9-1-5-11(6-2-9)30(24,25)26)14(16(22)23)19-20(15)10-3-7-12(8-4-10)31(27,28)29;3*1-5(2,3)4/h1-8,13H,(H,22,23)(H,24,25,26)(H,27,28,29);3*1-4H3/q;3*+1. The van der Waals surface area contributed by atoms with E-state index >= 15 is 0 Å². The van der Waals surface area contributed by atoms with E-state index in [0.29, 0.717) is 5.01 Å². The topological polar surface area (TPSA) is 203 Å². The number of amides is 1. The lowest BCUT2D eigenvalue weighted by Gasteiger charge is -2.14. The number of carboxylic acid groups (broad SMARTS) is 1. The first kappa shape index (κ1) is 42.3. The zero-order valence-corrected chi connectivity index (χ0v) is 30.1. The Labute approximate surface area is 272 Å². The Morgan fingerprint density at radius 1 is 0.696 bits per heavy atom. The molecule has 3 rings (SSSR count). The first-order valence-electron chi connectivity index (χ1n) is 13.5. The molecule has 0 saturated heterocycles. The summed E-state index contributed by atoms with van der Waals surface area (Å²) >= 11 is 0. The van der Waals surface area contributed by atoms with Crippen LogP contribution in [-0.2, 0) is 29.8 Å². The third-order valence-corrected chi connectivity index (χ3v) is 5.67. The Morgan fingerprint density at radius 3 is 1.33 bits per heavy atom. The zero-order chi connectivity index (χ0) is 36.5. The van der Waals surface area contributed by atoms with E-state index < -0.39 is 53.7 Å². The molecule has 16 nitrogen and oxygen atoms in total. The predicted octanol–water partition coefficient (Wildman–Crippen LogP) is 2.09. The Morgan fingerprint density at radius 2 is 1.02 bits per heavy atom. The van der Waals surface area contributed by atoms with Crippen LogP contribution in [0, 0.1) is 0 Å². The van der Waals surface area contributed by atoms with E-state index in [0.717, 1.165) is 49.8 Å². The minimum absolute atomic E-state index is 0.0198. The molecule has 1 atom stereocenters. The maximum atomic E-state index is 12.6. The quantitative estimate of drug-likeness (QED) is 0.230. The number of hydrazone groups is 1. The number of hydrogen-bond donors (Lipinski definition) is 3. The second-order valence-corrected chi connectivity index (χ2v) is 16.9. The van der Waals surface area contributed by atoms with Crippen LogP contribution < -0.4 is 5.01 Å². The van der Waals surface area contributed by atoms with Crippen molar-refractivity contribution in [2.75, 3.05) is 89.6 Å². The minimum atomic E-state index is -4.46. The normalized spacial score (nSPS) is 15.5. The van der Waals surface area contributed by atoms with Gasteiger partial charge in [-0.15, -0.1) is 0 Å². The maximum Gasteiger partial charge on any atom is 0.355 e. The molecule has 0 saturated carbocycles. The number of aliphatic carboxylic acids is 1. The van der Waals surface area contributed by atoms with Gasteiger partial charge in [-0.25, -0.2) is 4.79 Å². The molecule has 1 heterocycles. The summed E-state index contributed by atoms with van der Waals surface area (Å²) in [6.07, 6.45) is 0. The molecule has 1 aliphatic rings.